The van der Waals surface area contributed by atoms with E-state index in [1.54, 1.807) is 13.2 Å². The van der Waals surface area contributed by atoms with Crippen LogP contribution in [-0.4, -0.2) is 13.7 Å². The Morgan fingerprint density at radius 3 is 2.43 bits per heavy atom. The van der Waals surface area contributed by atoms with Crippen LogP contribution in [0, 0.1) is 5.82 Å². The predicted molar refractivity (Wildman–Crippen MR) is 126 cm³/mol. The van der Waals surface area contributed by atoms with Crippen LogP contribution in [0.4, 0.5) is 4.39 Å². The van der Waals surface area contributed by atoms with Gasteiger partial charge in [0.15, 0.2) is 11.5 Å². The van der Waals surface area contributed by atoms with Crippen molar-refractivity contribution in [2.24, 2.45) is 0 Å². The first-order chi connectivity index (χ1) is 14.1. The average molecular weight is 515 g/mol. The molecule has 3 nitrogen and oxygen atoms in total. The van der Waals surface area contributed by atoms with Crippen LogP contribution in [0.3, 0.4) is 0 Å². The molecule has 0 aliphatic rings. The van der Waals surface area contributed by atoms with Crippen LogP contribution in [0.1, 0.15) is 16.7 Å². The molecule has 3 aromatic carbocycles. The number of hydrogen-bond donors (Lipinski definition) is 1. The topological polar surface area (TPSA) is 30.5 Å². The van der Waals surface area contributed by atoms with E-state index < -0.39 is 0 Å². The molecule has 1 N–H and O–H groups in total. The van der Waals surface area contributed by atoms with Crippen LogP contribution in [0.2, 0.25) is 5.02 Å². The zero-order chi connectivity index (χ0) is 20.6. The molecule has 0 bridgehead atoms. The van der Waals surface area contributed by atoms with E-state index in [0.717, 1.165) is 15.6 Å². The molecule has 0 radical (unpaired) electrons. The van der Waals surface area contributed by atoms with Crippen molar-refractivity contribution >= 4 is 39.9 Å². The molecule has 7 heteroatoms. The summed E-state index contributed by atoms with van der Waals surface area (Å²) in [4.78, 5) is 0. The minimum atomic E-state index is -0.168. The Morgan fingerprint density at radius 2 is 1.73 bits per heavy atom. The molecule has 0 amide bonds. The van der Waals surface area contributed by atoms with Crippen molar-refractivity contribution in [3.63, 3.8) is 0 Å². The maximum absolute atomic E-state index is 13.7. The Balaban J connectivity index is 0.00000320. The van der Waals surface area contributed by atoms with Gasteiger partial charge in [-0.25, -0.2) is 4.39 Å². The van der Waals surface area contributed by atoms with E-state index in [1.165, 1.54) is 6.07 Å². The number of nitrogens with one attached hydrogen (secondary N) is 1. The molecule has 0 unspecified atom stereocenters. The number of benzene rings is 3. The summed E-state index contributed by atoms with van der Waals surface area (Å²) >= 11 is 9.77. The lowest BCUT2D eigenvalue weighted by Gasteiger charge is -2.15. The molecule has 0 saturated carbocycles. The van der Waals surface area contributed by atoms with E-state index in [-0.39, 0.29) is 18.2 Å². The highest BCUT2D eigenvalue weighted by molar-refractivity contribution is 9.10. The smallest absolute Gasteiger partial charge is 0.175 e. The highest BCUT2D eigenvalue weighted by atomic mass is 79.9. The summed E-state index contributed by atoms with van der Waals surface area (Å²) in [5.41, 5.74) is 2.65. The number of ether oxygens (including phenoxy) is 2. The van der Waals surface area contributed by atoms with Crippen LogP contribution in [0.25, 0.3) is 0 Å². The Labute approximate surface area is 196 Å². The lowest BCUT2D eigenvalue weighted by molar-refractivity contribution is 0.282. The summed E-state index contributed by atoms with van der Waals surface area (Å²) in [7, 11) is 1.61. The van der Waals surface area contributed by atoms with Gasteiger partial charge >= 0.3 is 0 Å². The molecular formula is C23H23BrCl2FNO2. The van der Waals surface area contributed by atoms with Crippen molar-refractivity contribution in [1.29, 1.82) is 0 Å². The quantitative estimate of drug-likeness (QED) is 0.327. The highest BCUT2D eigenvalue weighted by Crippen LogP contribution is 2.37. The molecule has 0 atom stereocenters. The lowest BCUT2D eigenvalue weighted by atomic mass is 10.1. The third kappa shape index (κ3) is 6.61. The molecule has 0 spiro atoms. The minimum Gasteiger partial charge on any atom is -0.493 e. The van der Waals surface area contributed by atoms with Crippen molar-refractivity contribution in [3.8, 4) is 11.5 Å². The number of hydrogen-bond acceptors (Lipinski definition) is 3. The van der Waals surface area contributed by atoms with Crippen molar-refractivity contribution in [1.82, 2.24) is 5.32 Å². The molecule has 0 saturated heterocycles. The van der Waals surface area contributed by atoms with E-state index in [4.69, 9.17) is 21.1 Å². The van der Waals surface area contributed by atoms with Gasteiger partial charge in [-0.3, -0.25) is 0 Å². The van der Waals surface area contributed by atoms with Gasteiger partial charge < -0.3 is 14.8 Å². The predicted octanol–water partition coefficient (Wildman–Crippen LogP) is 6.58. The fourth-order valence-corrected chi connectivity index (χ4v) is 3.73. The van der Waals surface area contributed by atoms with Crippen LogP contribution in [0.5, 0.6) is 11.5 Å². The van der Waals surface area contributed by atoms with E-state index >= 15 is 0 Å². The van der Waals surface area contributed by atoms with Gasteiger partial charge in [0.25, 0.3) is 0 Å². The maximum Gasteiger partial charge on any atom is 0.175 e. The van der Waals surface area contributed by atoms with Gasteiger partial charge in [0.2, 0.25) is 0 Å². The Hall–Kier alpha value is -1.79. The summed E-state index contributed by atoms with van der Waals surface area (Å²) in [6, 6.07) is 18.3. The molecule has 0 aliphatic heterocycles. The fraction of sp³-hybridized carbons (Fsp3) is 0.217. The second-order valence-corrected chi connectivity index (χ2v) is 7.77. The first-order valence-electron chi connectivity index (χ1n) is 9.25. The van der Waals surface area contributed by atoms with E-state index in [2.05, 4.69) is 21.2 Å². The Kier molecular flexibility index (Phi) is 9.92. The molecule has 0 fully saturated rings. The van der Waals surface area contributed by atoms with Gasteiger partial charge in [-0.05, 0) is 64.3 Å². The lowest BCUT2D eigenvalue weighted by Crippen LogP contribution is -2.17. The van der Waals surface area contributed by atoms with Gasteiger partial charge in [0.1, 0.15) is 12.4 Å². The molecule has 0 heterocycles. The third-order valence-electron chi connectivity index (χ3n) is 4.48. The number of halogens is 4. The zero-order valence-corrected chi connectivity index (χ0v) is 19.6. The number of rotatable bonds is 9. The molecule has 3 aromatic rings. The molecule has 30 heavy (non-hydrogen) atoms. The first-order valence-corrected chi connectivity index (χ1v) is 10.4. The fourth-order valence-electron chi connectivity index (χ4n) is 2.94. The Morgan fingerprint density at radius 1 is 1.03 bits per heavy atom. The summed E-state index contributed by atoms with van der Waals surface area (Å²) in [5.74, 6) is 1.10. The number of methoxy groups -OCH3 is 1. The van der Waals surface area contributed by atoms with Crippen LogP contribution in [0.15, 0.2) is 65.1 Å². The van der Waals surface area contributed by atoms with E-state index in [1.807, 2.05) is 48.5 Å². The highest BCUT2D eigenvalue weighted by Gasteiger charge is 2.13. The van der Waals surface area contributed by atoms with Crippen molar-refractivity contribution in [3.05, 3.63) is 92.7 Å². The summed E-state index contributed by atoms with van der Waals surface area (Å²) in [6.45, 7) is 1.65. The van der Waals surface area contributed by atoms with Crippen LogP contribution in [-0.2, 0) is 19.6 Å². The van der Waals surface area contributed by atoms with E-state index in [9.17, 15) is 4.39 Å². The van der Waals surface area contributed by atoms with Crippen molar-refractivity contribution < 1.29 is 13.9 Å². The Bertz CT molecular complexity index is 972. The van der Waals surface area contributed by atoms with Crippen molar-refractivity contribution in [2.75, 3.05) is 13.7 Å². The van der Waals surface area contributed by atoms with Crippen LogP contribution >= 0.6 is 39.9 Å². The summed E-state index contributed by atoms with van der Waals surface area (Å²) < 4.78 is 26.0. The minimum absolute atomic E-state index is 0. The second-order valence-electron chi connectivity index (χ2n) is 6.51. The second kappa shape index (κ2) is 12.2. The van der Waals surface area contributed by atoms with Crippen LogP contribution < -0.4 is 14.8 Å². The van der Waals surface area contributed by atoms with Crippen molar-refractivity contribution in [2.45, 2.75) is 19.6 Å². The first kappa shape index (κ1) is 24.5. The van der Waals surface area contributed by atoms with Gasteiger partial charge in [0.05, 0.1) is 11.6 Å². The maximum atomic E-state index is 13.7. The largest absolute Gasteiger partial charge is 0.493 e. The summed E-state index contributed by atoms with van der Waals surface area (Å²) in [6.07, 6.45) is 0.629. The van der Waals surface area contributed by atoms with E-state index in [0.29, 0.717) is 48.2 Å². The zero-order valence-electron chi connectivity index (χ0n) is 16.5. The average Bonchev–Trinajstić information content (AvgIpc) is 2.72. The monoisotopic (exact) mass is 513 g/mol. The van der Waals surface area contributed by atoms with Gasteiger partial charge in [-0.15, -0.1) is 12.4 Å². The molecule has 0 aliphatic carbocycles. The summed E-state index contributed by atoms with van der Waals surface area (Å²) in [5, 5.41) is 4.00. The van der Waals surface area contributed by atoms with Gasteiger partial charge in [0, 0.05) is 17.1 Å². The third-order valence-corrected chi connectivity index (χ3v) is 5.43. The van der Waals surface area contributed by atoms with Gasteiger partial charge in [-0.2, -0.15) is 0 Å². The normalized spacial score (nSPS) is 10.4. The standard InChI is InChI=1S/C23H22BrClFNO2.ClH/c1-28-22-13-16(14-27-11-10-17-6-3-5-9-21(17)26)12-19(24)23(22)29-15-18-7-2-4-8-20(18)25;/h2-9,12-13,27H,10-11,14-15H2,1H3;1H. The SMILES string of the molecule is COc1cc(CNCCc2ccccc2F)cc(Br)c1OCc1ccccc1Cl.Cl. The molecule has 0 aromatic heterocycles. The molecular weight excluding hydrogens is 492 g/mol. The molecule has 3 rings (SSSR count). The van der Waals surface area contributed by atoms with Gasteiger partial charge in [-0.1, -0.05) is 48.0 Å². The molecule has 160 valence electrons.